The Kier molecular flexibility index (Phi) is 6.55. The highest BCUT2D eigenvalue weighted by Gasteiger charge is 2.48. The van der Waals surface area contributed by atoms with Gasteiger partial charge in [-0.3, -0.25) is 0 Å². The Balaban J connectivity index is 1.24. The second kappa shape index (κ2) is 11.8. The van der Waals surface area contributed by atoms with E-state index in [-0.39, 0.29) is 0 Å². The van der Waals surface area contributed by atoms with Crippen LogP contribution in [-0.4, -0.2) is 4.57 Å². The quantitative estimate of drug-likeness (QED) is 0.177. The maximum Gasteiger partial charge on any atom is 0.137 e. The number of furan rings is 1. The van der Waals surface area contributed by atoms with Gasteiger partial charge >= 0.3 is 0 Å². The van der Waals surface area contributed by atoms with Crippen molar-refractivity contribution in [3.63, 3.8) is 0 Å². The van der Waals surface area contributed by atoms with Crippen molar-refractivity contribution in [3.8, 4) is 11.1 Å². The van der Waals surface area contributed by atoms with E-state index < -0.39 is 5.54 Å². The molecule has 3 nitrogen and oxygen atoms in total. The first-order valence-electron chi connectivity index (χ1n) is 19.3. The van der Waals surface area contributed by atoms with E-state index in [4.69, 9.17) is 4.42 Å². The summed E-state index contributed by atoms with van der Waals surface area (Å²) in [6, 6.07) is 75.2. The van der Waals surface area contributed by atoms with Gasteiger partial charge in [-0.05, 0) is 87.1 Å². The van der Waals surface area contributed by atoms with Gasteiger partial charge < -0.3 is 13.9 Å². The van der Waals surface area contributed by atoms with E-state index in [2.05, 4.69) is 210 Å². The van der Waals surface area contributed by atoms with Crippen molar-refractivity contribution < 1.29 is 4.42 Å². The molecule has 0 amide bonds. The highest BCUT2D eigenvalue weighted by Crippen LogP contribution is 2.57. The lowest BCUT2D eigenvalue weighted by Gasteiger charge is -2.37. The number of aromatic nitrogens is 1. The first kappa shape index (κ1) is 31.0. The highest BCUT2D eigenvalue weighted by molar-refractivity contribution is 6.15. The number of hydrogen-bond donors (Lipinski definition) is 0. The van der Waals surface area contributed by atoms with Crippen molar-refractivity contribution in [2.24, 2.45) is 0 Å². The van der Waals surface area contributed by atoms with Gasteiger partial charge in [0.15, 0.2) is 0 Å². The third kappa shape index (κ3) is 4.17. The molecule has 9 aromatic carbocycles. The molecule has 0 bridgehead atoms. The molecule has 0 saturated carbocycles. The van der Waals surface area contributed by atoms with Gasteiger partial charge in [-0.2, -0.15) is 0 Å². The summed E-state index contributed by atoms with van der Waals surface area (Å²) in [6.45, 7) is 0. The average Bonchev–Trinajstić information content (AvgIpc) is 3.91. The molecule has 0 saturated heterocycles. The first-order valence-corrected chi connectivity index (χ1v) is 19.3. The van der Waals surface area contributed by atoms with Crippen LogP contribution in [0.15, 0.2) is 211 Å². The zero-order valence-corrected chi connectivity index (χ0v) is 30.4. The largest absolute Gasteiger partial charge is 0.456 e. The van der Waals surface area contributed by atoms with Gasteiger partial charge in [-0.15, -0.1) is 0 Å². The summed E-state index contributed by atoms with van der Waals surface area (Å²) in [4.78, 5) is 2.40. The fraction of sp³-hybridized carbons (Fsp3) is 0.0189. The van der Waals surface area contributed by atoms with Crippen molar-refractivity contribution >= 4 is 71.6 Å². The van der Waals surface area contributed by atoms with Gasteiger partial charge in [-0.1, -0.05) is 158 Å². The molecule has 2 aromatic heterocycles. The first-order chi connectivity index (χ1) is 27.8. The number of anilines is 3. The van der Waals surface area contributed by atoms with Crippen LogP contribution < -0.4 is 4.90 Å². The lowest BCUT2D eigenvalue weighted by atomic mass is 9.77. The molecule has 0 spiro atoms. The van der Waals surface area contributed by atoms with Gasteiger partial charge in [0.1, 0.15) is 16.7 Å². The third-order valence-electron chi connectivity index (χ3n) is 12.0. The molecule has 0 aliphatic heterocycles. The normalized spacial score (nSPS) is 13.1. The summed E-state index contributed by atoms with van der Waals surface area (Å²) < 4.78 is 9.10. The number of para-hydroxylation sites is 3. The third-order valence-corrected chi connectivity index (χ3v) is 12.0. The molecule has 0 unspecified atom stereocenters. The monoisotopic (exact) mass is 714 g/mol. The van der Waals surface area contributed by atoms with Crippen LogP contribution >= 0.6 is 0 Å². The fourth-order valence-electron chi connectivity index (χ4n) is 9.81. The Morgan fingerprint density at radius 2 is 0.982 bits per heavy atom. The smallest absolute Gasteiger partial charge is 0.137 e. The topological polar surface area (TPSA) is 21.3 Å². The van der Waals surface area contributed by atoms with E-state index in [1.807, 2.05) is 6.07 Å². The molecule has 12 rings (SSSR count). The molecule has 0 atom stereocenters. The Morgan fingerprint density at radius 3 is 1.80 bits per heavy atom. The highest BCUT2D eigenvalue weighted by atomic mass is 16.3. The summed E-state index contributed by atoms with van der Waals surface area (Å²) in [6.07, 6.45) is 0. The summed E-state index contributed by atoms with van der Waals surface area (Å²) in [5.41, 5.74) is 13.0. The van der Waals surface area contributed by atoms with Crippen LogP contribution in [-0.2, 0) is 5.54 Å². The van der Waals surface area contributed by atoms with Crippen molar-refractivity contribution in [3.05, 3.63) is 223 Å². The van der Waals surface area contributed by atoms with Crippen LogP contribution in [0.1, 0.15) is 16.7 Å². The van der Waals surface area contributed by atoms with E-state index in [0.717, 1.165) is 44.5 Å². The number of hydrogen-bond acceptors (Lipinski definition) is 2. The molecule has 1 aliphatic rings. The molecule has 1 aliphatic carbocycles. The maximum absolute atomic E-state index is 6.44. The Labute approximate surface area is 323 Å². The van der Waals surface area contributed by atoms with Crippen LogP contribution in [0.4, 0.5) is 17.1 Å². The van der Waals surface area contributed by atoms with Crippen LogP contribution in [0.25, 0.3) is 65.6 Å². The molecule has 0 fully saturated rings. The lowest BCUT2D eigenvalue weighted by Crippen LogP contribution is -2.36. The van der Waals surface area contributed by atoms with Gasteiger partial charge in [0.2, 0.25) is 0 Å². The Bertz CT molecular complexity index is 3280. The molecule has 56 heavy (non-hydrogen) atoms. The molecular formula is C53H34N2O. The fourth-order valence-corrected chi connectivity index (χ4v) is 9.81. The molecule has 0 N–H and O–H groups in total. The Morgan fingerprint density at radius 1 is 0.393 bits per heavy atom. The van der Waals surface area contributed by atoms with Crippen LogP contribution in [0, 0.1) is 0 Å². The van der Waals surface area contributed by atoms with E-state index in [9.17, 15) is 0 Å². The number of benzene rings is 9. The van der Waals surface area contributed by atoms with Crippen molar-refractivity contribution in [1.29, 1.82) is 0 Å². The van der Waals surface area contributed by atoms with Crippen LogP contribution in [0.3, 0.4) is 0 Å². The minimum Gasteiger partial charge on any atom is -0.456 e. The van der Waals surface area contributed by atoms with E-state index in [1.165, 1.54) is 54.9 Å². The van der Waals surface area contributed by atoms with E-state index >= 15 is 0 Å². The van der Waals surface area contributed by atoms with E-state index in [0.29, 0.717) is 0 Å². The molecule has 0 radical (unpaired) electrons. The van der Waals surface area contributed by atoms with Gasteiger partial charge in [-0.25, -0.2) is 0 Å². The lowest BCUT2D eigenvalue weighted by molar-refractivity contribution is 0.568. The van der Waals surface area contributed by atoms with Gasteiger partial charge in [0, 0.05) is 27.5 Å². The molecule has 262 valence electrons. The van der Waals surface area contributed by atoms with Gasteiger partial charge in [0.05, 0.1) is 22.1 Å². The summed E-state index contributed by atoms with van der Waals surface area (Å²) in [7, 11) is 0. The van der Waals surface area contributed by atoms with Crippen molar-refractivity contribution in [2.75, 3.05) is 4.90 Å². The van der Waals surface area contributed by atoms with Crippen LogP contribution in [0.2, 0.25) is 0 Å². The summed E-state index contributed by atoms with van der Waals surface area (Å²) in [5, 5.41) is 7.11. The average molecular weight is 715 g/mol. The SMILES string of the molecule is c1ccc(N(c2ccc3c4ccccc4n(C4(c5cccc6ccccc56)c5ccccc5-c5ccccc54)c3c2)c2cccc3oc4ccccc4c23)cc1. The molecule has 3 heteroatoms. The second-order valence-corrected chi connectivity index (χ2v) is 14.8. The maximum atomic E-state index is 6.44. The second-order valence-electron chi connectivity index (χ2n) is 14.8. The molecule has 2 heterocycles. The Hall–Kier alpha value is -7.36. The van der Waals surface area contributed by atoms with E-state index in [1.54, 1.807) is 0 Å². The van der Waals surface area contributed by atoms with Gasteiger partial charge in [0.25, 0.3) is 0 Å². The zero-order chi connectivity index (χ0) is 36.8. The zero-order valence-electron chi connectivity index (χ0n) is 30.4. The number of fused-ring (bicyclic) bond motifs is 10. The number of rotatable bonds is 5. The predicted octanol–water partition coefficient (Wildman–Crippen LogP) is 14.1. The number of nitrogens with zero attached hydrogens (tertiary/aromatic N) is 2. The minimum atomic E-state index is -0.688. The minimum absolute atomic E-state index is 0.688. The van der Waals surface area contributed by atoms with Crippen LogP contribution in [0.5, 0.6) is 0 Å². The van der Waals surface area contributed by atoms with Crippen molar-refractivity contribution in [2.45, 2.75) is 5.54 Å². The van der Waals surface area contributed by atoms with Crippen molar-refractivity contribution in [1.82, 2.24) is 4.57 Å². The summed E-state index contributed by atoms with van der Waals surface area (Å²) >= 11 is 0. The standard InChI is InChI=1S/C53H34N2O/c1-2-18-36(19-3-1)54(48-29-15-31-51-52(48)43-24-9-13-30-50(43)56-51)37-32-33-42-41-23-8-12-28-47(41)55(49(42)34-37)53(44-27-14-17-35-16-4-5-20-38(35)44)45-25-10-6-21-39(45)40-22-7-11-26-46(40)53/h1-34H. The summed E-state index contributed by atoms with van der Waals surface area (Å²) in [5.74, 6) is 0. The molecule has 11 aromatic rings. The molecular weight excluding hydrogens is 681 g/mol. The predicted molar refractivity (Wildman–Crippen MR) is 233 cm³/mol.